The summed E-state index contributed by atoms with van der Waals surface area (Å²) >= 11 is 6.02. The average molecular weight is 388 g/mol. The Kier molecular flexibility index (Phi) is 4.89. The fourth-order valence-corrected chi connectivity index (χ4v) is 3.38. The van der Waals surface area contributed by atoms with E-state index >= 15 is 0 Å². The molecule has 140 valence electrons. The van der Waals surface area contributed by atoms with Crippen molar-refractivity contribution in [3.05, 3.63) is 46.6 Å². The van der Waals surface area contributed by atoms with Gasteiger partial charge in [-0.05, 0) is 31.9 Å². The van der Waals surface area contributed by atoms with Gasteiger partial charge < -0.3 is 9.42 Å². The summed E-state index contributed by atoms with van der Waals surface area (Å²) in [5.74, 6) is 1.30. The highest BCUT2D eigenvalue weighted by atomic mass is 35.5. The van der Waals surface area contributed by atoms with Crippen molar-refractivity contribution in [2.45, 2.75) is 32.1 Å². The molecule has 2 aromatic heterocycles. The first-order valence-electron chi connectivity index (χ1n) is 8.75. The van der Waals surface area contributed by atoms with Crippen LogP contribution in [0.15, 0.2) is 33.4 Å². The molecule has 1 fully saturated rings. The number of aromatic nitrogens is 4. The van der Waals surface area contributed by atoms with Crippen molar-refractivity contribution >= 4 is 17.5 Å². The van der Waals surface area contributed by atoms with E-state index in [0.29, 0.717) is 41.2 Å². The van der Waals surface area contributed by atoms with Gasteiger partial charge in [0.1, 0.15) is 11.4 Å². The number of rotatable bonds is 4. The van der Waals surface area contributed by atoms with Crippen molar-refractivity contribution in [3.8, 4) is 11.4 Å². The Labute approximate surface area is 160 Å². The maximum Gasteiger partial charge on any atom is 0.230 e. The topological polar surface area (TPSA) is 98.2 Å². The van der Waals surface area contributed by atoms with Crippen LogP contribution in [0, 0.1) is 6.92 Å². The van der Waals surface area contributed by atoms with Crippen molar-refractivity contribution in [1.82, 2.24) is 25.4 Å². The first-order valence-corrected chi connectivity index (χ1v) is 9.13. The van der Waals surface area contributed by atoms with Crippen molar-refractivity contribution in [3.63, 3.8) is 0 Å². The second-order valence-corrected chi connectivity index (χ2v) is 7.03. The highest BCUT2D eigenvalue weighted by Crippen LogP contribution is 2.29. The standard InChI is InChI=1S/C18H18ClN5O3/c1-11-15(22-27-21-11)10-16(25)24-7-5-12(6-8-24)18-20-17(23-26-18)13-3-2-4-14(19)9-13/h2-4,9,12H,5-8,10H2,1H3. The molecular formula is C18H18ClN5O3. The number of nitrogens with zero attached hydrogens (tertiary/aromatic N) is 5. The Morgan fingerprint density at radius 1 is 1.26 bits per heavy atom. The third-order valence-corrected chi connectivity index (χ3v) is 5.02. The predicted molar refractivity (Wildman–Crippen MR) is 96.0 cm³/mol. The quantitative estimate of drug-likeness (QED) is 0.678. The zero-order chi connectivity index (χ0) is 18.8. The van der Waals surface area contributed by atoms with Crippen LogP contribution in [0.5, 0.6) is 0 Å². The van der Waals surface area contributed by atoms with Crippen molar-refractivity contribution < 1.29 is 13.9 Å². The number of halogens is 1. The summed E-state index contributed by atoms with van der Waals surface area (Å²) in [5.41, 5.74) is 2.06. The van der Waals surface area contributed by atoms with Crippen LogP contribution in [-0.2, 0) is 11.2 Å². The molecule has 8 nitrogen and oxygen atoms in total. The number of hydrogen-bond donors (Lipinski definition) is 0. The van der Waals surface area contributed by atoms with Gasteiger partial charge in [0.15, 0.2) is 0 Å². The summed E-state index contributed by atoms with van der Waals surface area (Å²) in [4.78, 5) is 18.8. The lowest BCUT2D eigenvalue weighted by molar-refractivity contribution is -0.131. The van der Waals surface area contributed by atoms with Gasteiger partial charge in [-0.25, -0.2) is 4.63 Å². The van der Waals surface area contributed by atoms with E-state index in [1.807, 2.05) is 17.0 Å². The summed E-state index contributed by atoms with van der Waals surface area (Å²) in [6, 6.07) is 7.35. The zero-order valence-corrected chi connectivity index (χ0v) is 15.5. The Morgan fingerprint density at radius 2 is 2.07 bits per heavy atom. The van der Waals surface area contributed by atoms with Gasteiger partial charge in [0, 0.05) is 29.6 Å². The minimum absolute atomic E-state index is 0.0254. The van der Waals surface area contributed by atoms with Crippen molar-refractivity contribution in [1.29, 1.82) is 0 Å². The number of aryl methyl sites for hydroxylation is 1. The third kappa shape index (κ3) is 3.85. The van der Waals surface area contributed by atoms with Gasteiger partial charge in [-0.15, -0.1) is 0 Å². The molecule has 0 saturated carbocycles. The molecule has 0 spiro atoms. The number of carbonyl (C=O) groups is 1. The van der Waals surface area contributed by atoms with E-state index in [9.17, 15) is 4.79 Å². The fraction of sp³-hybridized carbons (Fsp3) is 0.389. The zero-order valence-electron chi connectivity index (χ0n) is 14.8. The van der Waals surface area contributed by atoms with Crippen LogP contribution in [0.1, 0.15) is 36.0 Å². The van der Waals surface area contributed by atoms with Crippen LogP contribution in [-0.4, -0.2) is 44.4 Å². The largest absolute Gasteiger partial charge is 0.342 e. The molecule has 1 aromatic carbocycles. The van der Waals surface area contributed by atoms with Crippen LogP contribution in [0.2, 0.25) is 5.02 Å². The molecule has 4 rings (SSSR count). The second-order valence-electron chi connectivity index (χ2n) is 6.59. The van der Waals surface area contributed by atoms with E-state index in [-0.39, 0.29) is 18.2 Å². The summed E-state index contributed by atoms with van der Waals surface area (Å²) in [6.45, 7) is 3.06. The SMILES string of the molecule is Cc1nonc1CC(=O)N1CCC(c2nc(-c3cccc(Cl)c3)no2)CC1. The molecule has 3 aromatic rings. The number of benzene rings is 1. The monoisotopic (exact) mass is 387 g/mol. The summed E-state index contributed by atoms with van der Waals surface area (Å²) in [6.07, 6.45) is 1.76. The Morgan fingerprint density at radius 3 is 2.78 bits per heavy atom. The number of amides is 1. The maximum absolute atomic E-state index is 12.4. The Bertz CT molecular complexity index is 946. The molecule has 1 aliphatic heterocycles. The molecule has 0 bridgehead atoms. The van der Waals surface area contributed by atoms with Gasteiger partial charge in [0.2, 0.25) is 17.6 Å². The second kappa shape index (κ2) is 7.48. The molecule has 0 aliphatic carbocycles. The van der Waals surface area contributed by atoms with Crippen molar-refractivity contribution in [2.75, 3.05) is 13.1 Å². The van der Waals surface area contributed by atoms with E-state index in [2.05, 4.69) is 25.1 Å². The number of piperidine rings is 1. The van der Waals surface area contributed by atoms with E-state index in [1.54, 1.807) is 19.1 Å². The summed E-state index contributed by atoms with van der Waals surface area (Å²) in [7, 11) is 0. The predicted octanol–water partition coefficient (Wildman–Crippen LogP) is 3.03. The van der Waals surface area contributed by atoms with Gasteiger partial charge in [0.05, 0.1) is 6.42 Å². The van der Waals surface area contributed by atoms with Crippen LogP contribution in [0.25, 0.3) is 11.4 Å². The average Bonchev–Trinajstić information content (AvgIpc) is 3.32. The van der Waals surface area contributed by atoms with Gasteiger partial charge in [-0.2, -0.15) is 4.98 Å². The van der Waals surface area contributed by atoms with E-state index in [4.69, 9.17) is 16.1 Å². The van der Waals surface area contributed by atoms with Gasteiger partial charge in [-0.1, -0.05) is 39.2 Å². The molecule has 1 saturated heterocycles. The fourth-order valence-electron chi connectivity index (χ4n) is 3.19. The maximum atomic E-state index is 12.4. The van der Waals surface area contributed by atoms with Crippen molar-refractivity contribution in [2.24, 2.45) is 0 Å². The molecule has 1 aliphatic rings. The van der Waals surface area contributed by atoms with Crippen LogP contribution in [0.4, 0.5) is 0 Å². The highest BCUT2D eigenvalue weighted by Gasteiger charge is 2.28. The Balaban J connectivity index is 1.37. The first-order chi connectivity index (χ1) is 13.1. The minimum atomic E-state index is 0.0254. The lowest BCUT2D eigenvalue weighted by Gasteiger charge is -2.30. The molecule has 27 heavy (non-hydrogen) atoms. The van der Waals surface area contributed by atoms with E-state index < -0.39 is 0 Å². The molecular weight excluding hydrogens is 370 g/mol. The van der Waals surface area contributed by atoms with Crippen LogP contribution >= 0.6 is 11.6 Å². The summed E-state index contributed by atoms with van der Waals surface area (Å²) < 4.78 is 10.1. The summed E-state index contributed by atoms with van der Waals surface area (Å²) in [5, 5.41) is 12.2. The highest BCUT2D eigenvalue weighted by molar-refractivity contribution is 6.30. The minimum Gasteiger partial charge on any atom is -0.342 e. The molecule has 0 radical (unpaired) electrons. The first kappa shape index (κ1) is 17.7. The molecule has 0 N–H and O–H groups in total. The number of likely N-dealkylation sites (tertiary alicyclic amines) is 1. The Hall–Kier alpha value is -2.74. The smallest absolute Gasteiger partial charge is 0.230 e. The molecule has 1 amide bonds. The third-order valence-electron chi connectivity index (χ3n) is 4.79. The van der Waals surface area contributed by atoms with Crippen LogP contribution < -0.4 is 0 Å². The molecule has 9 heteroatoms. The lowest BCUT2D eigenvalue weighted by atomic mass is 9.96. The van der Waals surface area contributed by atoms with Gasteiger partial charge in [-0.3, -0.25) is 4.79 Å². The molecule has 0 unspecified atom stereocenters. The van der Waals surface area contributed by atoms with E-state index in [1.165, 1.54) is 0 Å². The number of hydrogen-bond acceptors (Lipinski definition) is 7. The van der Waals surface area contributed by atoms with E-state index in [0.717, 1.165) is 18.4 Å². The van der Waals surface area contributed by atoms with Crippen LogP contribution in [0.3, 0.4) is 0 Å². The molecule has 0 atom stereocenters. The number of carbonyl (C=O) groups excluding carboxylic acids is 1. The molecule has 3 heterocycles. The lowest BCUT2D eigenvalue weighted by Crippen LogP contribution is -2.39. The van der Waals surface area contributed by atoms with Gasteiger partial charge in [0.25, 0.3) is 0 Å². The van der Waals surface area contributed by atoms with Gasteiger partial charge >= 0.3 is 0 Å². The normalized spacial score (nSPS) is 15.3.